The second-order valence-corrected chi connectivity index (χ2v) is 4.01. The lowest BCUT2D eigenvalue weighted by Crippen LogP contribution is -2.04. The van der Waals surface area contributed by atoms with Crippen LogP contribution in [-0.4, -0.2) is 11.1 Å². The predicted octanol–water partition coefficient (Wildman–Crippen LogP) is 3.34. The Kier molecular flexibility index (Phi) is 3.75. The standard InChI is InChI=1S/C14H11F2NO2/c15-10-2-1-3-12(8-10)17-13-5-4-11(16)6-9(13)7-14(18)19/h1-6,8,17H,7H2,(H,18,19). The quantitative estimate of drug-likeness (QED) is 0.889. The average molecular weight is 263 g/mol. The lowest BCUT2D eigenvalue weighted by Gasteiger charge is -2.11. The fraction of sp³-hybridized carbons (Fsp3) is 0.0714. The topological polar surface area (TPSA) is 49.3 Å². The molecule has 5 heteroatoms. The fourth-order valence-corrected chi connectivity index (χ4v) is 1.72. The molecule has 0 unspecified atom stereocenters. The van der Waals surface area contributed by atoms with Gasteiger partial charge in [-0.1, -0.05) is 6.07 Å². The molecule has 0 aliphatic carbocycles. The summed E-state index contributed by atoms with van der Waals surface area (Å²) in [6.45, 7) is 0. The Morgan fingerprint density at radius 3 is 2.53 bits per heavy atom. The molecule has 0 amide bonds. The smallest absolute Gasteiger partial charge is 0.307 e. The molecule has 0 radical (unpaired) electrons. The van der Waals surface area contributed by atoms with Crippen molar-refractivity contribution < 1.29 is 18.7 Å². The SMILES string of the molecule is O=C(O)Cc1cc(F)ccc1Nc1cccc(F)c1. The van der Waals surface area contributed by atoms with Gasteiger partial charge >= 0.3 is 5.97 Å². The summed E-state index contributed by atoms with van der Waals surface area (Å²) in [5.74, 6) is -1.99. The first-order chi connectivity index (χ1) is 9.04. The second-order valence-electron chi connectivity index (χ2n) is 4.01. The van der Waals surface area contributed by atoms with Crippen molar-refractivity contribution in [3.8, 4) is 0 Å². The van der Waals surface area contributed by atoms with E-state index >= 15 is 0 Å². The van der Waals surface area contributed by atoms with Gasteiger partial charge in [-0.25, -0.2) is 8.78 Å². The van der Waals surface area contributed by atoms with Crippen molar-refractivity contribution in [3.63, 3.8) is 0 Å². The molecule has 2 rings (SSSR count). The lowest BCUT2D eigenvalue weighted by atomic mass is 10.1. The van der Waals surface area contributed by atoms with Gasteiger partial charge in [-0.15, -0.1) is 0 Å². The minimum Gasteiger partial charge on any atom is -0.481 e. The van der Waals surface area contributed by atoms with Gasteiger partial charge in [0.2, 0.25) is 0 Å². The number of hydrogen-bond donors (Lipinski definition) is 2. The summed E-state index contributed by atoms with van der Waals surface area (Å²) in [6.07, 6.45) is -0.310. The van der Waals surface area contributed by atoms with Gasteiger partial charge in [0.05, 0.1) is 6.42 Å². The molecule has 0 saturated heterocycles. The number of carboxylic acid groups (broad SMARTS) is 1. The minimum absolute atomic E-state index is 0.303. The van der Waals surface area contributed by atoms with E-state index in [1.165, 1.54) is 30.3 Å². The van der Waals surface area contributed by atoms with Crippen molar-refractivity contribution in [1.82, 2.24) is 0 Å². The molecule has 0 fully saturated rings. The number of hydrogen-bond acceptors (Lipinski definition) is 2. The third-order valence-corrected chi connectivity index (χ3v) is 2.51. The van der Waals surface area contributed by atoms with Crippen molar-refractivity contribution in [2.75, 3.05) is 5.32 Å². The van der Waals surface area contributed by atoms with E-state index in [1.54, 1.807) is 6.07 Å². The van der Waals surface area contributed by atoms with Crippen LogP contribution in [0.5, 0.6) is 0 Å². The van der Waals surface area contributed by atoms with Crippen molar-refractivity contribution >= 4 is 17.3 Å². The van der Waals surface area contributed by atoms with E-state index in [0.29, 0.717) is 16.9 Å². The van der Waals surface area contributed by atoms with E-state index in [1.807, 2.05) is 0 Å². The molecule has 0 spiro atoms. The average Bonchev–Trinajstić information content (AvgIpc) is 2.32. The molecule has 3 nitrogen and oxygen atoms in total. The van der Waals surface area contributed by atoms with Gasteiger partial charge in [0.15, 0.2) is 0 Å². The van der Waals surface area contributed by atoms with Crippen LogP contribution in [0.3, 0.4) is 0 Å². The van der Waals surface area contributed by atoms with E-state index in [9.17, 15) is 13.6 Å². The van der Waals surface area contributed by atoms with Crippen LogP contribution in [-0.2, 0) is 11.2 Å². The summed E-state index contributed by atoms with van der Waals surface area (Å²) >= 11 is 0. The minimum atomic E-state index is -1.06. The number of nitrogens with one attached hydrogen (secondary N) is 1. The number of rotatable bonds is 4. The van der Waals surface area contributed by atoms with Gasteiger partial charge in [-0.05, 0) is 42.0 Å². The van der Waals surface area contributed by atoms with Crippen molar-refractivity contribution in [3.05, 3.63) is 59.7 Å². The Hall–Kier alpha value is -2.43. The van der Waals surface area contributed by atoms with Crippen molar-refractivity contribution in [2.45, 2.75) is 6.42 Å². The van der Waals surface area contributed by atoms with E-state index in [-0.39, 0.29) is 6.42 Å². The Balaban J connectivity index is 2.31. The fourth-order valence-electron chi connectivity index (χ4n) is 1.72. The van der Waals surface area contributed by atoms with Gasteiger partial charge in [0.1, 0.15) is 11.6 Å². The van der Waals surface area contributed by atoms with Crippen molar-refractivity contribution in [2.24, 2.45) is 0 Å². The Morgan fingerprint density at radius 2 is 1.84 bits per heavy atom. The summed E-state index contributed by atoms with van der Waals surface area (Å²) in [6, 6.07) is 9.53. The number of halogens is 2. The highest BCUT2D eigenvalue weighted by Gasteiger charge is 2.09. The maximum Gasteiger partial charge on any atom is 0.307 e. The molecule has 0 aliphatic heterocycles. The molecule has 0 saturated carbocycles. The molecule has 19 heavy (non-hydrogen) atoms. The van der Waals surface area contributed by atoms with E-state index in [0.717, 1.165) is 6.07 Å². The van der Waals surface area contributed by atoms with Crippen molar-refractivity contribution in [1.29, 1.82) is 0 Å². The van der Waals surface area contributed by atoms with Gasteiger partial charge < -0.3 is 10.4 Å². The third-order valence-electron chi connectivity index (χ3n) is 2.51. The predicted molar refractivity (Wildman–Crippen MR) is 67.4 cm³/mol. The van der Waals surface area contributed by atoms with Crippen LogP contribution in [0.4, 0.5) is 20.2 Å². The molecule has 2 aromatic rings. The second kappa shape index (κ2) is 5.48. The monoisotopic (exact) mass is 263 g/mol. The van der Waals surface area contributed by atoms with Gasteiger partial charge in [0.25, 0.3) is 0 Å². The normalized spacial score (nSPS) is 10.2. The summed E-state index contributed by atoms with van der Waals surface area (Å²) in [5, 5.41) is 11.7. The molecule has 0 bridgehead atoms. The maximum absolute atomic E-state index is 13.1. The summed E-state index contributed by atoms with van der Waals surface area (Å²) in [7, 11) is 0. The van der Waals surface area contributed by atoms with Gasteiger partial charge in [-0.3, -0.25) is 4.79 Å². The largest absolute Gasteiger partial charge is 0.481 e. The van der Waals surface area contributed by atoms with Gasteiger partial charge in [-0.2, -0.15) is 0 Å². The molecular weight excluding hydrogens is 252 g/mol. The third kappa shape index (κ3) is 3.51. The number of anilines is 2. The highest BCUT2D eigenvalue weighted by molar-refractivity contribution is 5.75. The lowest BCUT2D eigenvalue weighted by molar-refractivity contribution is -0.136. The van der Waals surface area contributed by atoms with Crippen LogP contribution in [0.15, 0.2) is 42.5 Å². The van der Waals surface area contributed by atoms with Crippen LogP contribution in [0, 0.1) is 11.6 Å². The van der Waals surface area contributed by atoms with Gasteiger partial charge in [0, 0.05) is 11.4 Å². The van der Waals surface area contributed by atoms with E-state index in [4.69, 9.17) is 5.11 Å². The zero-order valence-electron chi connectivity index (χ0n) is 9.86. The van der Waals surface area contributed by atoms with Crippen LogP contribution in [0.25, 0.3) is 0 Å². The highest BCUT2D eigenvalue weighted by atomic mass is 19.1. The summed E-state index contributed by atoms with van der Waals surface area (Å²) in [4.78, 5) is 10.7. The first-order valence-electron chi connectivity index (χ1n) is 5.57. The van der Waals surface area contributed by atoms with Crippen LogP contribution >= 0.6 is 0 Å². The molecule has 0 aliphatic rings. The maximum atomic E-state index is 13.1. The number of benzene rings is 2. The molecule has 98 valence electrons. The zero-order chi connectivity index (χ0) is 13.8. The molecule has 2 N–H and O–H groups in total. The number of carbonyl (C=O) groups is 1. The summed E-state index contributed by atoms with van der Waals surface area (Å²) < 4.78 is 26.2. The Bertz CT molecular complexity index is 614. The first kappa shape index (κ1) is 13.0. The van der Waals surface area contributed by atoms with E-state index < -0.39 is 17.6 Å². The van der Waals surface area contributed by atoms with Crippen LogP contribution in [0.1, 0.15) is 5.56 Å². The first-order valence-corrected chi connectivity index (χ1v) is 5.57. The number of aliphatic carboxylic acids is 1. The zero-order valence-corrected chi connectivity index (χ0v) is 9.86. The Morgan fingerprint density at radius 1 is 1.11 bits per heavy atom. The molecule has 0 aromatic heterocycles. The van der Waals surface area contributed by atoms with E-state index in [2.05, 4.69) is 5.32 Å². The van der Waals surface area contributed by atoms with Crippen LogP contribution in [0.2, 0.25) is 0 Å². The molecular formula is C14H11F2NO2. The number of carboxylic acids is 1. The molecule has 2 aromatic carbocycles. The highest BCUT2D eigenvalue weighted by Crippen LogP contribution is 2.23. The molecule has 0 atom stereocenters. The summed E-state index contributed by atoms with van der Waals surface area (Å²) in [5.41, 5.74) is 1.21. The molecule has 0 heterocycles. The van der Waals surface area contributed by atoms with Crippen LogP contribution < -0.4 is 5.32 Å². The Labute approximate surface area is 108 Å².